The Labute approximate surface area is 118 Å². The highest BCUT2D eigenvalue weighted by molar-refractivity contribution is 5.94. The van der Waals surface area contributed by atoms with Gasteiger partial charge in [0, 0.05) is 19.3 Å². The van der Waals surface area contributed by atoms with Gasteiger partial charge < -0.3 is 14.4 Å². The standard InChI is InChI=1S/C12H14F3N3O3/c1-2-21-10(19)8-7-16-11(12(13,14)15)17-9(8)18-3-5-20-6-4-18/h7H,2-6H2,1H3. The van der Waals surface area contributed by atoms with E-state index in [0.29, 0.717) is 26.3 Å². The summed E-state index contributed by atoms with van der Waals surface area (Å²) in [7, 11) is 0. The second-order valence-corrected chi connectivity index (χ2v) is 4.25. The Balaban J connectivity index is 2.41. The molecule has 0 atom stereocenters. The van der Waals surface area contributed by atoms with Gasteiger partial charge in [-0.05, 0) is 6.92 Å². The SMILES string of the molecule is CCOC(=O)c1cnc(C(F)(F)F)nc1N1CCOCC1. The predicted octanol–water partition coefficient (Wildman–Crippen LogP) is 1.51. The van der Waals surface area contributed by atoms with E-state index in [-0.39, 0.29) is 18.0 Å². The molecule has 0 aromatic carbocycles. The largest absolute Gasteiger partial charge is 0.462 e. The number of aromatic nitrogens is 2. The van der Waals surface area contributed by atoms with Crippen LogP contribution in [0, 0.1) is 0 Å². The molecule has 0 N–H and O–H groups in total. The van der Waals surface area contributed by atoms with Crippen molar-refractivity contribution in [1.29, 1.82) is 0 Å². The number of halogens is 3. The van der Waals surface area contributed by atoms with Crippen LogP contribution in [0.4, 0.5) is 19.0 Å². The Hall–Kier alpha value is -1.90. The molecule has 21 heavy (non-hydrogen) atoms. The van der Waals surface area contributed by atoms with Crippen molar-refractivity contribution in [2.24, 2.45) is 0 Å². The molecule has 0 spiro atoms. The molecule has 1 saturated heterocycles. The fourth-order valence-corrected chi connectivity index (χ4v) is 1.88. The zero-order chi connectivity index (χ0) is 15.5. The van der Waals surface area contributed by atoms with Crippen LogP contribution in [0.5, 0.6) is 0 Å². The maximum Gasteiger partial charge on any atom is 0.451 e. The molecule has 116 valence electrons. The summed E-state index contributed by atoms with van der Waals surface area (Å²) in [5.74, 6) is -2.09. The Morgan fingerprint density at radius 3 is 2.67 bits per heavy atom. The second kappa shape index (κ2) is 6.25. The number of hydrogen-bond acceptors (Lipinski definition) is 6. The minimum absolute atomic E-state index is 0.0703. The first-order chi connectivity index (χ1) is 9.93. The average Bonchev–Trinajstić information content (AvgIpc) is 2.47. The van der Waals surface area contributed by atoms with E-state index >= 15 is 0 Å². The summed E-state index contributed by atoms with van der Waals surface area (Å²) in [6.45, 7) is 3.13. The Kier molecular flexibility index (Phi) is 4.61. The van der Waals surface area contributed by atoms with Crippen LogP contribution in [0.2, 0.25) is 0 Å². The fourth-order valence-electron chi connectivity index (χ4n) is 1.88. The van der Waals surface area contributed by atoms with Crippen molar-refractivity contribution in [2.45, 2.75) is 13.1 Å². The highest BCUT2D eigenvalue weighted by atomic mass is 19.4. The third-order valence-electron chi connectivity index (χ3n) is 2.83. The van der Waals surface area contributed by atoms with E-state index < -0.39 is 18.0 Å². The summed E-state index contributed by atoms with van der Waals surface area (Å²) < 4.78 is 48.2. The smallest absolute Gasteiger partial charge is 0.451 e. The molecule has 1 aliphatic heterocycles. The monoisotopic (exact) mass is 305 g/mol. The van der Waals surface area contributed by atoms with E-state index in [4.69, 9.17) is 9.47 Å². The lowest BCUT2D eigenvalue weighted by Crippen LogP contribution is -2.38. The molecule has 0 aliphatic carbocycles. The van der Waals surface area contributed by atoms with Gasteiger partial charge in [-0.2, -0.15) is 13.2 Å². The molecule has 1 fully saturated rings. The Morgan fingerprint density at radius 2 is 2.10 bits per heavy atom. The Morgan fingerprint density at radius 1 is 1.43 bits per heavy atom. The van der Waals surface area contributed by atoms with Gasteiger partial charge in [-0.1, -0.05) is 0 Å². The first-order valence-corrected chi connectivity index (χ1v) is 6.37. The molecule has 0 bridgehead atoms. The minimum Gasteiger partial charge on any atom is -0.462 e. The van der Waals surface area contributed by atoms with Crippen LogP contribution >= 0.6 is 0 Å². The summed E-state index contributed by atoms with van der Waals surface area (Å²) in [5, 5.41) is 0. The van der Waals surface area contributed by atoms with Crippen LogP contribution in [0.15, 0.2) is 6.20 Å². The van der Waals surface area contributed by atoms with Gasteiger partial charge in [-0.15, -0.1) is 0 Å². The summed E-state index contributed by atoms with van der Waals surface area (Å²) in [6.07, 6.45) is -3.81. The lowest BCUT2D eigenvalue weighted by atomic mass is 10.2. The molecule has 6 nitrogen and oxygen atoms in total. The molecule has 0 radical (unpaired) electrons. The van der Waals surface area contributed by atoms with Crippen molar-refractivity contribution < 1.29 is 27.4 Å². The van der Waals surface area contributed by atoms with E-state index in [2.05, 4.69) is 9.97 Å². The molecule has 9 heteroatoms. The van der Waals surface area contributed by atoms with Gasteiger partial charge in [0.05, 0.1) is 19.8 Å². The van der Waals surface area contributed by atoms with Crippen LogP contribution in [0.25, 0.3) is 0 Å². The van der Waals surface area contributed by atoms with Crippen LogP contribution in [-0.4, -0.2) is 48.8 Å². The molecule has 0 saturated carbocycles. The number of rotatable bonds is 3. The second-order valence-electron chi connectivity index (χ2n) is 4.25. The summed E-state index contributed by atoms with van der Waals surface area (Å²) in [4.78, 5) is 20.1. The van der Waals surface area contributed by atoms with Crippen LogP contribution < -0.4 is 4.90 Å². The predicted molar refractivity (Wildman–Crippen MR) is 66.0 cm³/mol. The summed E-state index contributed by atoms with van der Waals surface area (Å²) >= 11 is 0. The quantitative estimate of drug-likeness (QED) is 0.789. The van der Waals surface area contributed by atoms with Crippen molar-refractivity contribution in [2.75, 3.05) is 37.8 Å². The van der Waals surface area contributed by atoms with Crippen molar-refractivity contribution in [3.05, 3.63) is 17.6 Å². The average molecular weight is 305 g/mol. The summed E-state index contributed by atoms with van der Waals surface area (Å²) in [6, 6.07) is 0. The van der Waals surface area contributed by atoms with Crippen LogP contribution in [0.3, 0.4) is 0 Å². The molecule has 1 aliphatic rings. The number of morpholine rings is 1. The first kappa shape index (κ1) is 15.5. The molecule has 1 aromatic rings. The van der Waals surface area contributed by atoms with E-state index in [1.165, 1.54) is 0 Å². The molecule has 0 unspecified atom stereocenters. The number of carbonyl (C=O) groups excluding carboxylic acids is 1. The van der Waals surface area contributed by atoms with Crippen molar-refractivity contribution >= 4 is 11.8 Å². The number of hydrogen-bond donors (Lipinski definition) is 0. The molecule has 0 amide bonds. The van der Waals surface area contributed by atoms with Gasteiger partial charge in [0.1, 0.15) is 11.4 Å². The number of esters is 1. The summed E-state index contributed by atoms with van der Waals surface area (Å²) in [5.41, 5.74) is -0.0771. The third-order valence-corrected chi connectivity index (χ3v) is 2.83. The van der Waals surface area contributed by atoms with Gasteiger partial charge in [-0.25, -0.2) is 14.8 Å². The maximum atomic E-state index is 12.7. The third kappa shape index (κ3) is 3.60. The highest BCUT2D eigenvalue weighted by Crippen LogP contribution is 2.29. The zero-order valence-corrected chi connectivity index (χ0v) is 11.3. The van der Waals surface area contributed by atoms with E-state index in [0.717, 1.165) is 6.20 Å². The van der Waals surface area contributed by atoms with E-state index in [1.54, 1.807) is 11.8 Å². The van der Waals surface area contributed by atoms with Crippen LogP contribution in [0.1, 0.15) is 23.1 Å². The molecular formula is C12H14F3N3O3. The maximum absolute atomic E-state index is 12.7. The van der Waals surface area contributed by atoms with Crippen molar-refractivity contribution in [3.8, 4) is 0 Å². The number of anilines is 1. The first-order valence-electron chi connectivity index (χ1n) is 6.37. The van der Waals surface area contributed by atoms with Gasteiger partial charge >= 0.3 is 12.1 Å². The normalized spacial score (nSPS) is 15.9. The lowest BCUT2D eigenvalue weighted by molar-refractivity contribution is -0.144. The highest BCUT2D eigenvalue weighted by Gasteiger charge is 2.36. The van der Waals surface area contributed by atoms with E-state index in [1.807, 2.05) is 0 Å². The minimum atomic E-state index is -4.67. The van der Waals surface area contributed by atoms with Gasteiger partial charge in [-0.3, -0.25) is 0 Å². The van der Waals surface area contributed by atoms with Gasteiger partial charge in [0.25, 0.3) is 0 Å². The van der Waals surface area contributed by atoms with Gasteiger partial charge in [0.2, 0.25) is 5.82 Å². The molecule has 1 aromatic heterocycles. The number of ether oxygens (including phenoxy) is 2. The number of carbonyl (C=O) groups is 1. The number of nitrogens with zero attached hydrogens (tertiary/aromatic N) is 3. The molecule has 2 rings (SSSR count). The van der Waals surface area contributed by atoms with Crippen LogP contribution in [-0.2, 0) is 15.7 Å². The fraction of sp³-hybridized carbons (Fsp3) is 0.583. The lowest BCUT2D eigenvalue weighted by Gasteiger charge is -2.29. The van der Waals surface area contributed by atoms with Gasteiger partial charge in [0.15, 0.2) is 0 Å². The molecular weight excluding hydrogens is 291 g/mol. The van der Waals surface area contributed by atoms with E-state index in [9.17, 15) is 18.0 Å². The number of alkyl halides is 3. The topological polar surface area (TPSA) is 64.5 Å². The van der Waals surface area contributed by atoms with Crippen molar-refractivity contribution in [1.82, 2.24) is 9.97 Å². The zero-order valence-electron chi connectivity index (χ0n) is 11.3. The van der Waals surface area contributed by atoms with Crippen molar-refractivity contribution in [3.63, 3.8) is 0 Å². The molecule has 2 heterocycles. The Bertz CT molecular complexity index is 516.